The molecule has 0 spiro atoms. The molecule has 0 rings (SSSR count). The van der Waals surface area contributed by atoms with E-state index in [0.29, 0.717) is 25.9 Å². The van der Waals surface area contributed by atoms with Crippen molar-refractivity contribution < 1.29 is 24.5 Å². The summed E-state index contributed by atoms with van der Waals surface area (Å²) in [6, 6.07) is -0.555. The maximum absolute atomic E-state index is 12.4. The van der Waals surface area contributed by atoms with Crippen molar-refractivity contribution in [3.8, 4) is 0 Å². The largest absolute Gasteiger partial charge is 0.466 e. The number of aliphatic hydroxyl groups excluding tert-OH is 2. The summed E-state index contributed by atoms with van der Waals surface area (Å²) in [5, 5.41) is 23.2. The third-order valence-electron chi connectivity index (χ3n) is 11.7. The second kappa shape index (κ2) is 45.6. The van der Waals surface area contributed by atoms with E-state index in [4.69, 9.17) is 4.74 Å². The average Bonchev–Trinajstić information content (AvgIpc) is 3.18. The van der Waals surface area contributed by atoms with E-state index in [1.54, 1.807) is 0 Å². The topological polar surface area (TPSA) is 95.9 Å². The smallest absolute Gasteiger partial charge is 0.305 e. The Morgan fingerprint density at radius 3 is 1.11 bits per heavy atom. The summed E-state index contributed by atoms with van der Waals surface area (Å²) in [5.74, 6) is -0.0721. The van der Waals surface area contributed by atoms with Gasteiger partial charge in [0.05, 0.1) is 25.4 Å². The summed E-state index contributed by atoms with van der Waals surface area (Å²) in [4.78, 5) is 24.4. The zero-order valence-corrected chi connectivity index (χ0v) is 37.2. The highest BCUT2D eigenvalue weighted by molar-refractivity contribution is 5.76. The average molecular weight is 780 g/mol. The molecule has 2 atom stereocenters. The van der Waals surface area contributed by atoms with Crippen LogP contribution in [0.15, 0.2) is 0 Å². The van der Waals surface area contributed by atoms with Crippen molar-refractivity contribution in [1.29, 1.82) is 0 Å². The molecule has 0 aromatic carbocycles. The minimum Gasteiger partial charge on any atom is -0.466 e. The molecule has 2 unspecified atom stereocenters. The molecule has 0 heterocycles. The number of aliphatic hydroxyl groups is 2. The van der Waals surface area contributed by atoms with Gasteiger partial charge in [-0.1, -0.05) is 239 Å². The van der Waals surface area contributed by atoms with Crippen molar-refractivity contribution >= 4 is 11.9 Å². The second-order valence-corrected chi connectivity index (χ2v) is 17.2. The molecule has 1 amide bonds. The molecule has 6 heteroatoms. The summed E-state index contributed by atoms with van der Waals surface area (Å²) in [5.41, 5.74) is 0. The zero-order chi connectivity index (χ0) is 40.1. The predicted octanol–water partition coefficient (Wildman–Crippen LogP) is 14.4. The van der Waals surface area contributed by atoms with Crippen LogP contribution in [0.4, 0.5) is 0 Å². The van der Waals surface area contributed by atoms with Gasteiger partial charge in [-0.05, 0) is 25.7 Å². The molecule has 0 fully saturated rings. The molecule has 328 valence electrons. The third-order valence-corrected chi connectivity index (χ3v) is 11.7. The number of amides is 1. The monoisotopic (exact) mass is 780 g/mol. The fourth-order valence-electron chi connectivity index (χ4n) is 7.82. The van der Waals surface area contributed by atoms with E-state index < -0.39 is 12.1 Å². The molecule has 0 aromatic rings. The highest BCUT2D eigenvalue weighted by Crippen LogP contribution is 2.17. The first-order chi connectivity index (χ1) is 27.0. The Labute approximate surface area is 343 Å². The summed E-state index contributed by atoms with van der Waals surface area (Å²) in [6.45, 7) is 4.91. The van der Waals surface area contributed by atoms with Crippen LogP contribution in [0.2, 0.25) is 0 Å². The predicted molar refractivity (Wildman–Crippen MR) is 237 cm³/mol. The van der Waals surface area contributed by atoms with Crippen molar-refractivity contribution in [3.63, 3.8) is 0 Å². The molecule has 0 aliphatic heterocycles. The Morgan fingerprint density at radius 1 is 0.436 bits per heavy atom. The molecule has 55 heavy (non-hydrogen) atoms. The molecular formula is C49H97NO5. The van der Waals surface area contributed by atoms with Gasteiger partial charge in [0.25, 0.3) is 0 Å². The van der Waals surface area contributed by atoms with E-state index in [0.717, 1.165) is 57.8 Å². The van der Waals surface area contributed by atoms with Crippen molar-refractivity contribution in [2.24, 2.45) is 0 Å². The van der Waals surface area contributed by atoms with Crippen LogP contribution in [0.25, 0.3) is 0 Å². The first-order valence-electron chi connectivity index (χ1n) is 24.8. The number of hydrogen-bond donors (Lipinski definition) is 3. The number of hydrogen-bond acceptors (Lipinski definition) is 5. The van der Waals surface area contributed by atoms with Crippen LogP contribution in [0.1, 0.15) is 277 Å². The van der Waals surface area contributed by atoms with E-state index in [2.05, 4.69) is 19.2 Å². The van der Waals surface area contributed by atoms with Gasteiger partial charge >= 0.3 is 5.97 Å². The molecule has 0 aliphatic rings. The summed E-state index contributed by atoms with van der Waals surface area (Å²) < 4.78 is 5.45. The van der Waals surface area contributed by atoms with Gasteiger partial charge in [0.1, 0.15) is 0 Å². The van der Waals surface area contributed by atoms with Crippen LogP contribution < -0.4 is 5.32 Å². The highest BCUT2D eigenvalue weighted by atomic mass is 16.5. The maximum Gasteiger partial charge on any atom is 0.305 e. The number of ether oxygens (including phenoxy) is 1. The molecular weight excluding hydrogens is 683 g/mol. The second-order valence-electron chi connectivity index (χ2n) is 17.2. The molecule has 3 N–H and O–H groups in total. The van der Waals surface area contributed by atoms with Crippen LogP contribution in [0.5, 0.6) is 0 Å². The van der Waals surface area contributed by atoms with E-state index >= 15 is 0 Å². The lowest BCUT2D eigenvalue weighted by Crippen LogP contribution is -2.45. The van der Waals surface area contributed by atoms with Crippen LogP contribution in [-0.2, 0) is 14.3 Å². The molecule has 0 aromatic heterocycles. The molecule has 0 aliphatic carbocycles. The highest BCUT2D eigenvalue weighted by Gasteiger charge is 2.20. The third kappa shape index (κ3) is 42.3. The fourth-order valence-corrected chi connectivity index (χ4v) is 7.82. The number of carbonyl (C=O) groups excluding carboxylic acids is 2. The Bertz CT molecular complexity index is 776. The summed E-state index contributed by atoms with van der Waals surface area (Å²) in [6.07, 6.45) is 49.2. The fraction of sp³-hybridized carbons (Fsp3) is 0.959. The SMILES string of the molecule is CCCCCCCCCCCCCCCCC(=O)OCCCCCCCCCCCCC(=O)NC(CO)C(O)CCCCCCCCCCCCCCCC. The molecule has 0 bridgehead atoms. The lowest BCUT2D eigenvalue weighted by Gasteiger charge is -2.22. The minimum absolute atomic E-state index is 0.0161. The van der Waals surface area contributed by atoms with E-state index in [9.17, 15) is 19.8 Å². The van der Waals surface area contributed by atoms with Gasteiger partial charge in [-0.2, -0.15) is 0 Å². The number of rotatable bonds is 46. The molecule has 0 radical (unpaired) electrons. The van der Waals surface area contributed by atoms with E-state index in [1.165, 1.54) is 186 Å². The number of esters is 1. The zero-order valence-electron chi connectivity index (χ0n) is 37.2. The minimum atomic E-state index is -0.676. The molecule has 0 saturated heterocycles. The van der Waals surface area contributed by atoms with Crippen LogP contribution in [-0.4, -0.2) is 47.4 Å². The first-order valence-corrected chi connectivity index (χ1v) is 24.8. The van der Waals surface area contributed by atoms with Gasteiger partial charge in [0.15, 0.2) is 0 Å². The van der Waals surface area contributed by atoms with Gasteiger partial charge < -0.3 is 20.3 Å². The lowest BCUT2D eigenvalue weighted by atomic mass is 10.0. The van der Waals surface area contributed by atoms with Gasteiger partial charge in [0, 0.05) is 12.8 Å². The van der Waals surface area contributed by atoms with Crippen molar-refractivity contribution in [3.05, 3.63) is 0 Å². The Morgan fingerprint density at radius 2 is 0.745 bits per heavy atom. The van der Waals surface area contributed by atoms with Gasteiger partial charge in [-0.3, -0.25) is 9.59 Å². The van der Waals surface area contributed by atoms with Crippen LogP contribution in [0, 0.1) is 0 Å². The van der Waals surface area contributed by atoms with Gasteiger partial charge in [-0.15, -0.1) is 0 Å². The Balaban J connectivity index is 3.46. The molecule has 6 nitrogen and oxygen atoms in total. The Hall–Kier alpha value is -1.14. The van der Waals surface area contributed by atoms with E-state index in [1.807, 2.05) is 0 Å². The normalized spacial score (nSPS) is 12.6. The summed E-state index contributed by atoms with van der Waals surface area (Å²) in [7, 11) is 0. The van der Waals surface area contributed by atoms with Gasteiger partial charge in [0.2, 0.25) is 5.91 Å². The lowest BCUT2D eigenvalue weighted by molar-refractivity contribution is -0.143. The van der Waals surface area contributed by atoms with Gasteiger partial charge in [-0.25, -0.2) is 0 Å². The van der Waals surface area contributed by atoms with Crippen molar-refractivity contribution in [1.82, 2.24) is 5.32 Å². The number of nitrogens with one attached hydrogen (secondary N) is 1. The maximum atomic E-state index is 12.4. The Kier molecular flexibility index (Phi) is 44.6. The van der Waals surface area contributed by atoms with E-state index in [-0.39, 0.29) is 18.5 Å². The van der Waals surface area contributed by atoms with Crippen LogP contribution in [0.3, 0.4) is 0 Å². The van der Waals surface area contributed by atoms with Crippen molar-refractivity contribution in [2.75, 3.05) is 13.2 Å². The quantitative estimate of drug-likeness (QED) is 0.0422. The number of unbranched alkanes of at least 4 members (excludes halogenated alkanes) is 35. The molecule has 0 saturated carbocycles. The number of carbonyl (C=O) groups is 2. The van der Waals surface area contributed by atoms with Crippen LogP contribution >= 0.6 is 0 Å². The first kappa shape index (κ1) is 53.9. The van der Waals surface area contributed by atoms with Crippen molar-refractivity contribution in [2.45, 2.75) is 289 Å². The standard InChI is InChI=1S/C49H97NO5/c1-3-5-7-9-11-13-15-17-19-21-25-29-33-37-41-47(52)46(45-51)50-48(53)42-38-34-30-26-23-24-28-32-36-40-44-55-49(54)43-39-35-31-27-22-20-18-16-14-12-10-8-6-4-2/h46-47,51-52H,3-45H2,1-2H3,(H,50,53). The summed E-state index contributed by atoms with van der Waals surface area (Å²) >= 11 is 0.